The van der Waals surface area contributed by atoms with E-state index in [2.05, 4.69) is 13.8 Å². The Morgan fingerprint density at radius 2 is 2.40 bits per heavy atom. The molecule has 0 radical (unpaired) electrons. The Morgan fingerprint density at radius 3 is 2.90 bits per heavy atom. The minimum absolute atomic E-state index is 0.771. The Morgan fingerprint density at radius 1 is 1.60 bits per heavy atom. The van der Waals surface area contributed by atoms with Crippen LogP contribution in [0.1, 0.15) is 33.1 Å². The summed E-state index contributed by atoms with van der Waals surface area (Å²) in [4.78, 5) is 0. The average Bonchev–Trinajstić information content (AvgIpc) is 1.88. The summed E-state index contributed by atoms with van der Waals surface area (Å²) in [7, 11) is 0. The second kappa shape index (κ2) is 3.65. The van der Waals surface area contributed by atoms with E-state index in [1.54, 1.807) is 0 Å². The molecule has 0 spiro atoms. The van der Waals surface area contributed by atoms with Crippen LogP contribution in [0.5, 0.6) is 0 Å². The zero-order chi connectivity index (χ0) is 7.40. The van der Waals surface area contributed by atoms with Gasteiger partial charge >= 0.3 is 0 Å². The predicted octanol–water partition coefficient (Wildman–Crippen LogP) is 2.73. The van der Waals surface area contributed by atoms with E-state index in [1.807, 2.05) is 6.26 Å². The van der Waals surface area contributed by atoms with Crippen LogP contribution < -0.4 is 0 Å². The summed E-state index contributed by atoms with van der Waals surface area (Å²) in [6.45, 7) is 5.41. The molecule has 1 heteroatoms. The van der Waals surface area contributed by atoms with Gasteiger partial charge < -0.3 is 4.74 Å². The van der Waals surface area contributed by atoms with Crippen LogP contribution in [0.15, 0.2) is 11.8 Å². The van der Waals surface area contributed by atoms with E-state index in [-0.39, 0.29) is 0 Å². The predicted molar refractivity (Wildman–Crippen MR) is 42.7 cm³/mol. The minimum Gasteiger partial charge on any atom is -0.501 e. The van der Waals surface area contributed by atoms with E-state index in [9.17, 15) is 0 Å². The molecule has 58 valence electrons. The highest BCUT2D eigenvalue weighted by Crippen LogP contribution is 2.19. The van der Waals surface area contributed by atoms with Gasteiger partial charge in [0.2, 0.25) is 0 Å². The molecule has 0 fully saturated rings. The number of allylic oxidation sites excluding steroid dienone is 1. The molecule has 0 unspecified atom stereocenters. The van der Waals surface area contributed by atoms with Crippen LogP contribution >= 0.6 is 0 Å². The SMILES string of the molecule is CC(C)CC1=COCCC1. The lowest BCUT2D eigenvalue weighted by atomic mass is 10.00. The molecule has 0 saturated carbocycles. The zero-order valence-electron chi connectivity index (χ0n) is 6.89. The smallest absolute Gasteiger partial charge is 0.0876 e. The van der Waals surface area contributed by atoms with E-state index in [1.165, 1.54) is 24.8 Å². The molecular formula is C9H16O. The molecule has 0 amide bonds. The third-order valence-corrected chi connectivity index (χ3v) is 1.68. The maximum Gasteiger partial charge on any atom is 0.0876 e. The van der Waals surface area contributed by atoms with E-state index in [4.69, 9.17) is 4.74 Å². The lowest BCUT2D eigenvalue weighted by molar-refractivity contribution is 0.221. The molecule has 0 aromatic heterocycles. The number of ether oxygens (including phenoxy) is 1. The number of hydrogen-bond acceptors (Lipinski definition) is 1. The fourth-order valence-corrected chi connectivity index (χ4v) is 1.29. The first kappa shape index (κ1) is 7.64. The van der Waals surface area contributed by atoms with Gasteiger partial charge in [0.15, 0.2) is 0 Å². The normalized spacial score (nSPS) is 18.5. The summed E-state index contributed by atoms with van der Waals surface area (Å²) in [5.74, 6) is 0.771. The highest BCUT2D eigenvalue weighted by Gasteiger charge is 2.05. The van der Waals surface area contributed by atoms with Crippen LogP contribution in [0.4, 0.5) is 0 Å². The van der Waals surface area contributed by atoms with Gasteiger partial charge in [0.25, 0.3) is 0 Å². The van der Waals surface area contributed by atoms with Crippen LogP contribution in [-0.4, -0.2) is 6.61 Å². The van der Waals surface area contributed by atoms with Gasteiger partial charge in [-0.3, -0.25) is 0 Å². The molecule has 0 aromatic carbocycles. The number of hydrogen-bond donors (Lipinski definition) is 0. The number of rotatable bonds is 2. The molecule has 1 nitrogen and oxygen atoms in total. The third-order valence-electron chi connectivity index (χ3n) is 1.68. The van der Waals surface area contributed by atoms with Gasteiger partial charge in [-0.05, 0) is 30.8 Å². The van der Waals surface area contributed by atoms with Crippen LogP contribution in [0.25, 0.3) is 0 Å². The summed E-state index contributed by atoms with van der Waals surface area (Å²) >= 11 is 0. The standard InChI is InChI=1S/C9H16O/c1-8(2)6-9-4-3-5-10-7-9/h7-8H,3-6H2,1-2H3. The molecule has 0 bridgehead atoms. The first-order valence-electron chi connectivity index (χ1n) is 4.08. The lowest BCUT2D eigenvalue weighted by Gasteiger charge is -2.14. The fourth-order valence-electron chi connectivity index (χ4n) is 1.29. The summed E-state index contributed by atoms with van der Waals surface area (Å²) in [5.41, 5.74) is 1.49. The zero-order valence-corrected chi connectivity index (χ0v) is 6.89. The fraction of sp³-hybridized carbons (Fsp3) is 0.778. The summed E-state index contributed by atoms with van der Waals surface area (Å²) in [6.07, 6.45) is 5.61. The lowest BCUT2D eigenvalue weighted by Crippen LogP contribution is -2.01. The van der Waals surface area contributed by atoms with E-state index in [0.717, 1.165) is 12.5 Å². The van der Waals surface area contributed by atoms with Crippen molar-refractivity contribution < 1.29 is 4.74 Å². The minimum atomic E-state index is 0.771. The van der Waals surface area contributed by atoms with E-state index >= 15 is 0 Å². The van der Waals surface area contributed by atoms with Gasteiger partial charge in [-0.25, -0.2) is 0 Å². The second-order valence-electron chi connectivity index (χ2n) is 3.35. The molecule has 0 aliphatic carbocycles. The Labute approximate surface area is 63.1 Å². The molecule has 10 heavy (non-hydrogen) atoms. The van der Waals surface area contributed by atoms with Crippen molar-refractivity contribution >= 4 is 0 Å². The maximum absolute atomic E-state index is 5.22. The van der Waals surface area contributed by atoms with Crippen molar-refractivity contribution in [1.82, 2.24) is 0 Å². The Hall–Kier alpha value is -0.460. The largest absolute Gasteiger partial charge is 0.501 e. The first-order chi connectivity index (χ1) is 4.79. The van der Waals surface area contributed by atoms with E-state index < -0.39 is 0 Å². The molecule has 1 heterocycles. The monoisotopic (exact) mass is 140 g/mol. The van der Waals surface area contributed by atoms with Crippen molar-refractivity contribution in [2.75, 3.05) is 6.61 Å². The molecular weight excluding hydrogens is 124 g/mol. The van der Waals surface area contributed by atoms with E-state index in [0.29, 0.717) is 0 Å². The van der Waals surface area contributed by atoms with Crippen molar-refractivity contribution in [2.24, 2.45) is 5.92 Å². The Balaban J connectivity index is 2.31. The van der Waals surface area contributed by atoms with Crippen molar-refractivity contribution in [2.45, 2.75) is 33.1 Å². The van der Waals surface area contributed by atoms with Gasteiger partial charge in [-0.15, -0.1) is 0 Å². The third kappa shape index (κ3) is 2.42. The van der Waals surface area contributed by atoms with Crippen LogP contribution in [-0.2, 0) is 4.74 Å². The van der Waals surface area contributed by atoms with Gasteiger partial charge in [0.1, 0.15) is 0 Å². The molecule has 0 N–H and O–H groups in total. The first-order valence-corrected chi connectivity index (χ1v) is 4.08. The molecule has 0 saturated heterocycles. The molecule has 1 rings (SSSR count). The van der Waals surface area contributed by atoms with Crippen molar-refractivity contribution in [3.05, 3.63) is 11.8 Å². The molecule has 1 aliphatic rings. The van der Waals surface area contributed by atoms with Crippen molar-refractivity contribution in [1.29, 1.82) is 0 Å². The highest BCUT2D eigenvalue weighted by atomic mass is 16.5. The maximum atomic E-state index is 5.22. The summed E-state index contributed by atoms with van der Waals surface area (Å²) in [5, 5.41) is 0. The van der Waals surface area contributed by atoms with Gasteiger partial charge in [-0.2, -0.15) is 0 Å². The summed E-state index contributed by atoms with van der Waals surface area (Å²) in [6, 6.07) is 0. The highest BCUT2D eigenvalue weighted by molar-refractivity contribution is 5.00. The Bertz CT molecular complexity index is 125. The quantitative estimate of drug-likeness (QED) is 0.573. The van der Waals surface area contributed by atoms with Crippen LogP contribution in [0.2, 0.25) is 0 Å². The van der Waals surface area contributed by atoms with Crippen molar-refractivity contribution in [3.8, 4) is 0 Å². The van der Waals surface area contributed by atoms with Crippen LogP contribution in [0.3, 0.4) is 0 Å². The van der Waals surface area contributed by atoms with Crippen molar-refractivity contribution in [3.63, 3.8) is 0 Å². The average molecular weight is 140 g/mol. The molecule has 1 aliphatic heterocycles. The molecule has 0 aromatic rings. The van der Waals surface area contributed by atoms with Gasteiger partial charge in [-0.1, -0.05) is 13.8 Å². The Kier molecular flexibility index (Phi) is 2.79. The van der Waals surface area contributed by atoms with Gasteiger partial charge in [0, 0.05) is 0 Å². The summed E-state index contributed by atoms with van der Waals surface area (Å²) < 4.78 is 5.22. The van der Waals surface area contributed by atoms with Crippen LogP contribution in [0, 0.1) is 5.92 Å². The second-order valence-corrected chi connectivity index (χ2v) is 3.35. The topological polar surface area (TPSA) is 9.23 Å². The van der Waals surface area contributed by atoms with Gasteiger partial charge in [0.05, 0.1) is 12.9 Å². The molecule has 0 atom stereocenters.